The molecule has 0 bridgehead atoms. The molecule has 1 aliphatic rings. The third kappa shape index (κ3) is 1.98. The molecular formula is C14H15ClN2. The van der Waals surface area contributed by atoms with Gasteiger partial charge in [0.2, 0.25) is 0 Å². The topological polar surface area (TPSA) is 38.9 Å². The van der Waals surface area contributed by atoms with Crippen molar-refractivity contribution in [1.29, 1.82) is 0 Å². The second kappa shape index (κ2) is 4.19. The van der Waals surface area contributed by atoms with E-state index in [1.165, 1.54) is 25.7 Å². The highest BCUT2D eigenvalue weighted by Crippen LogP contribution is 2.35. The van der Waals surface area contributed by atoms with Gasteiger partial charge in [0.15, 0.2) is 0 Å². The molecule has 0 aliphatic heterocycles. The van der Waals surface area contributed by atoms with Crippen LogP contribution in [0.15, 0.2) is 24.3 Å². The van der Waals surface area contributed by atoms with Gasteiger partial charge in [-0.05, 0) is 37.1 Å². The maximum absolute atomic E-state index is 6.09. The third-order valence-corrected chi connectivity index (χ3v) is 3.83. The van der Waals surface area contributed by atoms with Gasteiger partial charge in [-0.15, -0.1) is 0 Å². The maximum Gasteiger partial charge on any atom is 0.0727 e. The molecule has 0 radical (unpaired) electrons. The van der Waals surface area contributed by atoms with Crippen molar-refractivity contribution < 1.29 is 0 Å². The van der Waals surface area contributed by atoms with E-state index in [-0.39, 0.29) is 0 Å². The number of fused-ring (bicyclic) bond motifs is 1. The van der Waals surface area contributed by atoms with Crippen molar-refractivity contribution in [2.24, 2.45) is 0 Å². The number of hydrogen-bond donors (Lipinski definition) is 1. The van der Waals surface area contributed by atoms with E-state index in [9.17, 15) is 0 Å². The van der Waals surface area contributed by atoms with Crippen molar-refractivity contribution in [2.45, 2.75) is 31.6 Å². The summed E-state index contributed by atoms with van der Waals surface area (Å²) >= 11 is 5.97. The average molecular weight is 247 g/mol. The number of aromatic nitrogens is 1. The zero-order valence-electron chi connectivity index (χ0n) is 9.62. The number of nitrogens with two attached hydrogens (primary N) is 1. The van der Waals surface area contributed by atoms with E-state index in [0.717, 1.165) is 22.3 Å². The first kappa shape index (κ1) is 10.8. The zero-order chi connectivity index (χ0) is 11.8. The first-order valence-electron chi connectivity index (χ1n) is 6.10. The molecule has 1 heterocycles. The van der Waals surface area contributed by atoms with Crippen LogP contribution >= 0.6 is 11.6 Å². The first-order valence-corrected chi connectivity index (χ1v) is 6.47. The number of rotatable bonds is 1. The molecule has 0 atom stereocenters. The highest BCUT2D eigenvalue weighted by atomic mass is 35.5. The average Bonchev–Trinajstić information content (AvgIpc) is 2.83. The maximum atomic E-state index is 6.09. The fourth-order valence-corrected chi connectivity index (χ4v) is 2.85. The van der Waals surface area contributed by atoms with Crippen LogP contribution in [0.1, 0.15) is 37.3 Å². The van der Waals surface area contributed by atoms with Gasteiger partial charge < -0.3 is 5.73 Å². The number of halogens is 1. The minimum absolute atomic E-state index is 0.595. The van der Waals surface area contributed by atoms with E-state index in [1.807, 2.05) is 24.3 Å². The fourth-order valence-electron chi connectivity index (χ4n) is 2.68. The van der Waals surface area contributed by atoms with Gasteiger partial charge in [0.1, 0.15) is 0 Å². The Hall–Kier alpha value is -1.28. The zero-order valence-corrected chi connectivity index (χ0v) is 10.4. The summed E-state index contributed by atoms with van der Waals surface area (Å²) in [5.41, 5.74) is 8.99. The molecule has 17 heavy (non-hydrogen) atoms. The quantitative estimate of drug-likeness (QED) is 0.822. The van der Waals surface area contributed by atoms with Crippen LogP contribution in [0, 0.1) is 0 Å². The van der Waals surface area contributed by atoms with E-state index in [0.29, 0.717) is 10.9 Å². The molecule has 2 N–H and O–H groups in total. The van der Waals surface area contributed by atoms with Gasteiger partial charge in [-0.3, -0.25) is 4.98 Å². The molecule has 0 unspecified atom stereocenters. The van der Waals surface area contributed by atoms with Crippen LogP contribution in [0.3, 0.4) is 0 Å². The van der Waals surface area contributed by atoms with Gasteiger partial charge >= 0.3 is 0 Å². The normalized spacial score (nSPS) is 16.8. The van der Waals surface area contributed by atoms with Crippen LogP contribution in [0.25, 0.3) is 10.9 Å². The van der Waals surface area contributed by atoms with Crippen molar-refractivity contribution in [3.8, 4) is 0 Å². The number of anilines is 1. The van der Waals surface area contributed by atoms with Crippen LogP contribution in [0.5, 0.6) is 0 Å². The summed E-state index contributed by atoms with van der Waals surface area (Å²) in [6.07, 6.45) is 5.10. The highest BCUT2D eigenvalue weighted by molar-refractivity contribution is 6.31. The number of nitrogens with zero attached hydrogens (tertiary/aromatic N) is 1. The molecular weight excluding hydrogens is 232 g/mol. The lowest BCUT2D eigenvalue weighted by molar-refractivity contribution is 0.701. The first-order chi connectivity index (χ1) is 8.24. The Morgan fingerprint density at radius 3 is 2.71 bits per heavy atom. The van der Waals surface area contributed by atoms with Crippen LogP contribution in [0.4, 0.5) is 5.69 Å². The molecule has 1 aromatic carbocycles. The highest BCUT2D eigenvalue weighted by Gasteiger charge is 2.19. The van der Waals surface area contributed by atoms with Gasteiger partial charge in [-0.25, -0.2) is 0 Å². The lowest BCUT2D eigenvalue weighted by Gasteiger charge is -2.11. The summed E-state index contributed by atoms with van der Waals surface area (Å²) in [5, 5.41) is 1.67. The number of hydrogen-bond acceptors (Lipinski definition) is 2. The number of pyridine rings is 1. The Kier molecular flexibility index (Phi) is 2.67. The van der Waals surface area contributed by atoms with Crippen LogP contribution < -0.4 is 5.73 Å². The predicted molar refractivity (Wildman–Crippen MR) is 72.4 cm³/mol. The van der Waals surface area contributed by atoms with E-state index in [4.69, 9.17) is 22.3 Å². The Bertz CT molecular complexity index is 559. The summed E-state index contributed by atoms with van der Waals surface area (Å²) in [4.78, 5) is 4.72. The Labute approximate surface area is 106 Å². The van der Waals surface area contributed by atoms with Gasteiger partial charge in [-0.1, -0.05) is 24.4 Å². The van der Waals surface area contributed by atoms with Crippen molar-refractivity contribution in [3.05, 3.63) is 35.0 Å². The molecule has 3 rings (SSSR count). The van der Waals surface area contributed by atoms with E-state index in [2.05, 4.69) is 0 Å². The van der Waals surface area contributed by atoms with E-state index in [1.54, 1.807) is 0 Å². The fraction of sp³-hybridized carbons (Fsp3) is 0.357. The van der Waals surface area contributed by atoms with Crippen molar-refractivity contribution in [2.75, 3.05) is 5.73 Å². The molecule has 0 amide bonds. The van der Waals surface area contributed by atoms with E-state index < -0.39 is 0 Å². The molecule has 2 nitrogen and oxygen atoms in total. The van der Waals surface area contributed by atoms with Gasteiger partial charge in [-0.2, -0.15) is 0 Å². The molecule has 0 spiro atoms. The Balaban J connectivity index is 2.13. The largest absolute Gasteiger partial charge is 0.398 e. The number of nitrogen functional groups attached to an aromatic ring is 1. The summed E-state index contributed by atoms with van der Waals surface area (Å²) < 4.78 is 0. The standard InChI is InChI=1S/C14H15ClN2/c15-10-5-6-13-11(7-10)12(16)8-14(17-13)9-3-1-2-4-9/h5-9H,1-4H2,(H2,16,17). The molecule has 1 aliphatic carbocycles. The summed E-state index contributed by atoms with van der Waals surface area (Å²) in [7, 11) is 0. The Morgan fingerprint density at radius 1 is 1.18 bits per heavy atom. The lowest BCUT2D eigenvalue weighted by atomic mass is 10.0. The molecule has 1 saturated carbocycles. The second-order valence-corrected chi connectivity index (χ2v) is 5.22. The smallest absolute Gasteiger partial charge is 0.0727 e. The minimum atomic E-state index is 0.595. The van der Waals surface area contributed by atoms with Gasteiger partial charge in [0.05, 0.1) is 5.52 Å². The minimum Gasteiger partial charge on any atom is -0.398 e. The summed E-state index contributed by atoms with van der Waals surface area (Å²) in [6, 6.07) is 7.73. The lowest BCUT2D eigenvalue weighted by Crippen LogP contribution is -1.99. The molecule has 3 heteroatoms. The molecule has 1 aromatic heterocycles. The van der Waals surface area contributed by atoms with Gasteiger partial charge in [0.25, 0.3) is 0 Å². The predicted octanol–water partition coefficient (Wildman–Crippen LogP) is 4.13. The monoisotopic (exact) mass is 246 g/mol. The van der Waals surface area contributed by atoms with Crippen molar-refractivity contribution in [1.82, 2.24) is 4.98 Å². The summed E-state index contributed by atoms with van der Waals surface area (Å²) in [6.45, 7) is 0. The SMILES string of the molecule is Nc1cc(C2CCCC2)nc2ccc(Cl)cc12. The van der Waals surface area contributed by atoms with Crippen LogP contribution in [-0.4, -0.2) is 4.98 Å². The Morgan fingerprint density at radius 2 is 1.94 bits per heavy atom. The van der Waals surface area contributed by atoms with Gasteiger partial charge in [0, 0.05) is 27.7 Å². The molecule has 88 valence electrons. The summed E-state index contributed by atoms with van der Waals surface area (Å²) in [5.74, 6) is 0.595. The molecule has 2 aromatic rings. The molecule has 1 fully saturated rings. The van der Waals surface area contributed by atoms with Crippen molar-refractivity contribution >= 4 is 28.2 Å². The second-order valence-electron chi connectivity index (χ2n) is 4.78. The third-order valence-electron chi connectivity index (χ3n) is 3.60. The van der Waals surface area contributed by atoms with Crippen molar-refractivity contribution in [3.63, 3.8) is 0 Å². The van der Waals surface area contributed by atoms with Crippen LogP contribution in [-0.2, 0) is 0 Å². The van der Waals surface area contributed by atoms with Crippen LogP contribution in [0.2, 0.25) is 5.02 Å². The number of benzene rings is 1. The van der Waals surface area contributed by atoms with E-state index >= 15 is 0 Å². The molecule has 0 saturated heterocycles.